The van der Waals surface area contributed by atoms with Crippen LogP contribution < -0.4 is 14.4 Å². The highest BCUT2D eigenvalue weighted by atomic mass is 19.2. The molecule has 4 rings (SSSR count). The second-order valence-electron chi connectivity index (χ2n) is 7.92. The molecule has 0 atom stereocenters. The van der Waals surface area contributed by atoms with Crippen LogP contribution >= 0.6 is 0 Å². The first-order chi connectivity index (χ1) is 17.4. The second kappa shape index (κ2) is 11.0. The summed E-state index contributed by atoms with van der Waals surface area (Å²) in [5, 5.41) is 14.0. The van der Waals surface area contributed by atoms with Crippen molar-refractivity contribution in [1.29, 1.82) is 0 Å². The van der Waals surface area contributed by atoms with Crippen molar-refractivity contribution in [2.45, 2.75) is 6.61 Å². The zero-order chi connectivity index (χ0) is 25.7. The number of carbonyl (C=O) groups is 1. The van der Waals surface area contributed by atoms with Crippen molar-refractivity contribution < 1.29 is 37.4 Å². The third-order valence-corrected chi connectivity index (χ3v) is 5.52. The van der Waals surface area contributed by atoms with E-state index in [1.165, 1.54) is 14.2 Å². The maximum atomic E-state index is 13.8. The van der Waals surface area contributed by atoms with Crippen LogP contribution in [0.3, 0.4) is 0 Å². The zero-order valence-electron chi connectivity index (χ0n) is 19.7. The standard InChI is InChI=1S/C26H24F2N2O6/c1-33-10-9-30(14-25(31)32)26-20-11-16(3-8-23(20)36-29-26)15-35-18-6-4-17(5-7-18)19-12-21(27)22(28)13-24(19)34-2/h3-8,11-13H,9-10,14-15H2,1-2H3,(H,31,32). The molecule has 188 valence electrons. The lowest BCUT2D eigenvalue weighted by atomic mass is 10.0. The predicted molar refractivity (Wildman–Crippen MR) is 128 cm³/mol. The molecule has 0 unspecified atom stereocenters. The van der Waals surface area contributed by atoms with Crippen LogP contribution in [0, 0.1) is 11.6 Å². The fraction of sp³-hybridized carbons (Fsp3) is 0.231. The smallest absolute Gasteiger partial charge is 0.323 e. The molecule has 0 aliphatic heterocycles. The van der Waals surface area contributed by atoms with Gasteiger partial charge in [0.25, 0.3) is 0 Å². The minimum Gasteiger partial charge on any atom is -0.496 e. The van der Waals surface area contributed by atoms with Gasteiger partial charge in [-0.15, -0.1) is 0 Å². The van der Waals surface area contributed by atoms with Gasteiger partial charge in [-0.2, -0.15) is 0 Å². The number of rotatable bonds is 11. The summed E-state index contributed by atoms with van der Waals surface area (Å²) in [5.74, 6) is -1.73. The van der Waals surface area contributed by atoms with Crippen LogP contribution in [0.5, 0.6) is 11.5 Å². The summed E-state index contributed by atoms with van der Waals surface area (Å²) in [7, 11) is 2.93. The van der Waals surface area contributed by atoms with Gasteiger partial charge >= 0.3 is 5.97 Å². The predicted octanol–water partition coefficient (Wildman–Crippen LogP) is 4.90. The van der Waals surface area contributed by atoms with Crippen molar-refractivity contribution in [2.24, 2.45) is 0 Å². The Hall–Kier alpha value is -4.18. The number of benzene rings is 3. The molecule has 36 heavy (non-hydrogen) atoms. The summed E-state index contributed by atoms with van der Waals surface area (Å²) in [6.07, 6.45) is 0. The van der Waals surface area contributed by atoms with Crippen molar-refractivity contribution in [3.63, 3.8) is 0 Å². The number of aliphatic carboxylic acids is 1. The van der Waals surface area contributed by atoms with Gasteiger partial charge in [-0.25, -0.2) is 8.78 Å². The van der Waals surface area contributed by atoms with Crippen LogP contribution in [0.2, 0.25) is 0 Å². The van der Waals surface area contributed by atoms with Gasteiger partial charge in [0.15, 0.2) is 23.0 Å². The Bertz CT molecular complexity index is 1360. The van der Waals surface area contributed by atoms with Crippen molar-refractivity contribution in [1.82, 2.24) is 5.16 Å². The van der Waals surface area contributed by atoms with Crippen LogP contribution in [0.15, 0.2) is 59.1 Å². The quantitative estimate of drug-likeness (QED) is 0.312. The molecular weight excluding hydrogens is 474 g/mol. The maximum absolute atomic E-state index is 13.8. The van der Waals surface area contributed by atoms with E-state index in [1.54, 1.807) is 35.2 Å². The zero-order valence-corrected chi connectivity index (χ0v) is 19.7. The normalized spacial score (nSPS) is 11.0. The Kier molecular flexibility index (Phi) is 7.65. The average molecular weight is 498 g/mol. The minimum absolute atomic E-state index is 0.225. The maximum Gasteiger partial charge on any atom is 0.323 e. The SMILES string of the molecule is COCCN(CC(=O)O)c1noc2ccc(COc3ccc(-c4cc(F)c(F)cc4OC)cc3)cc12. The molecular formula is C26H24F2N2O6. The Morgan fingerprint density at radius 1 is 1.06 bits per heavy atom. The van der Waals surface area contributed by atoms with Crippen LogP contribution in [0.4, 0.5) is 14.6 Å². The van der Waals surface area contributed by atoms with E-state index in [0.717, 1.165) is 17.7 Å². The van der Waals surface area contributed by atoms with Gasteiger partial charge in [0, 0.05) is 25.3 Å². The lowest BCUT2D eigenvalue weighted by molar-refractivity contribution is -0.135. The van der Waals surface area contributed by atoms with Gasteiger partial charge < -0.3 is 28.7 Å². The highest BCUT2D eigenvalue weighted by molar-refractivity contribution is 5.90. The van der Waals surface area contributed by atoms with E-state index >= 15 is 0 Å². The monoisotopic (exact) mass is 498 g/mol. The van der Waals surface area contributed by atoms with Crippen LogP contribution in [-0.4, -0.2) is 50.1 Å². The van der Waals surface area contributed by atoms with E-state index in [9.17, 15) is 18.7 Å². The molecule has 0 bridgehead atoms. The highest BCUT2D eigenvalue weighted by Crippen LogP contribution is 2.33. The van der Waals surface area contributed by atoms with Gasteiger partial charge in [0.05, 0.1) is 19.1 Å². The molecule has 8 nitrogen and oxygen atoms in total. The number of anilines is 1. The Morgan fingerprint density at radius 2 is 1.81 bits per heavy atom. The summed E-state index contributed by atoms with van der Waals surface area (Å²) in [6.45, 7) is 0.642. The van der Waals surface area contributed by atoms with Gasteiger partial charge in [-0.3, -0.25) is 4.79 Å². The summed E-state index contributed by atoms with van der Waals surface area (Å²) in [4.78, 5) is 12.9. The molecule has 1 N–H and O–H groups in total. The first kappa shape index (κ1) is 24.9. The number of halogens is 2. The summed E-state index contributed by atoms with van der Waals surface area (Å²) < 4.78 is 48.8. The molecule has 0 aliphatic rings. The second-order valence-corrected chi connectivity index (χ2v) is 7.92. The number of aromatic nitrogens is 1. The van der Waals surface area contributed by atoms with Crippen molar-refractivity contribution >= 4 is 22.8 Å². The van der Waals surface area contributed by atoms with Crippen molar-refractivity contribution in [3.8, 4) is 22.6 Å². The Balaban J connectivity index is 1.50. The molecule has 1 heterocycles. The molecule has 3 aromatic carbocycles. The molecule has 0 radical (unpaired) electrons. The van der Waals surface area contributed by atoms with Crippen LogP contribution in [0.25, 0.3) is 22.1 Å². The van der Waals surface area contributed by atoms with Gasteiger partial charge in [-0.05, 0) is 41.5 Å². The summed E-state index contributed by atoms with van der Waals surface area (Å²) in [5.41, 5.74) is 2.41. The topological polar surface area (TPSA) is 94.3 Å². The molecule has 4 aromatic rings. The molecule has 0 saturated carbocycles. The van der Waals surface area contributed by atoms with E-state index in [1.807, 2.05) is 12.1 Å². The van der Waals surface area contributed by atoms with Gasteiger partial charge in [-0.1, -0.05) is 23.4 Å². The first-order valence-corrected chi connectivity index (χ1v) is 11.0. The van der Waals surface area contributed by atoms with Gasteiger partial charge in [0.1, 0.15) is 24.7 Å². The number of methoxy groups -OCH3 is 2. The fourth-order valence-electron chi connectivity index (χ4n) is 3.74. The largest absolute Gasteiger partial charge is 0.496 e. The highest BCUT2D eigenvalue weighted by Gasteiger charge is 2.19. The number of hydrogen-bond acceptors (Lipinski definition) is 7. The fourth-order valence-corrected chi connectivity index (χ4v) is 3.74. The molecule has 0 fully saturated rings. The molecule has 1 aromatic heterocycles. The van der Waals surface area contributed by atoms with E-state index in [4.69, 9.17) is 18.7 Å². The number of hydrogen-bond donors (Lipinski definition) is 1. The van der Waals surface area contributed by atoms with Crippen molar-refractivity contribution in [2.75, 3.05) is 38.8 Å². The lowest BCUT2D eigenvalue weighted by Gasteiger charge is -2.19. The average Bonchev–Trinajstić information content (AvgIpc) is 3.30. The summed E-state index contributed by atoms with van der Waals surface area (Å²) >= 11 is 0. The number of carboxylic acid groups (broad SMARTS) is 1. The minimum atomic E-state index is -0.994. The van der Waals surface area contributed by atoms with E-state index in [2.05, 4.69) is 5.16 Å². The number of fused-ring (bicyclic) bond motifs is 1. The third kappa shape index (κ3) is 5.55. The van der Waals surface area contributed by atoms with E-state index in [0.29, 0.717) is 46.8 Å². The van der Waals surface area contributed by atoms with E-state index < -0.39 is 17.6 Å². The number of carboxylic acids is 1. The molecule has 10 heteroatoms. The lowest BCUT2D eigenvalue weighted by Crippen LogP contribution is -2.33. The van der Waals surface area contributed by atoms with Gasteiger partial charge in [0.2, 0.25) is 0 Å². The van der Waals surface area contributed by atoms with E-state index in [-0.39, 0.29) is 18.9 Å². The molecule has 0 spiro atoms. The first-order valence-electron chi connectivity index (χ1n) is 11.0. The van der Waals surface area contributed by atoms with Crippen LogP contribution in [-0.2, 0) is 16.1 Å². The molecule has 0 amide bonds. The third-order valence-electron chi connectivity index (χ3n) is 5.52. The van der Waals surface area contributed by atoms with Crippen LogP contribution in [0.1, 0.15) is 5.56 Å². The molecule has 0 saturated heterocycles. The Morgan fingerprint density at radius 3 is 2.50 bits per heavy atom. The van der Waals surface area contributed by atoms with Crippen molar-refractivity contribution in [3.05, 3.63) is 71.8 Å². The number of ether oxygens (including phenoxy) is 3. The summed E-state index contributed by atoms with van der Waals surface area (Å²) in [6, 6.07) is 14.4. The number of nitrogens with zero attached hydrogens (tertiary/aromatic N) is 2. The Labute approximate surface area is 205 Å². The molecule has 0 aliphatic carbocycles.